The minimum absolute atomic E-state index is 0.202. The highest BCUT2D eigenvalue weighted by Gasteiger charge is 2.27. The Hall–Kier alpha value is -1.52. The third-order valence-electron chi connectivity index (χ3n) is 1.61. The van der Waals surface area contributed by atoms with E-state index in [9.17, 15) is 9.59 Å². The second-order valence-electron chi connectivity index (χ2n) is 2.88. The van der Waals surface area contributed by atoms with Crippen LogP contribution in [0.3, 0.4) is 0 Å². The zero-order valence-corrected chi connectivity index (χ0v) is 8.06. The molecule has 1 heterocycles. The Labute approximate surface area is 81.6 Å². The van der Waals surface area contributed by atoms with Crippen LogP contribution in [0.15, 0.2) is 12.3 Å². The fourth-order valence-electron chi connectivity index (χ4n) is 1.12. The van der Waals surface area contributed by atoms with Gasteiger partial charge in [0.15, 0.2) is 12.2 Å². The van der Waals surface area contributed by atoms with Gasteiger partial charge in [0, 0.05) is 13.8 Å². The highest BCUT2D eigenvalue weighted by Crippen LogP contribution is 2.12. The molecule has 5 heteroatoms. The second-order valence-corrected chi connectivity index (χ2v) is 2.88. The molecule has 2 unspecified atom stereocenters. The van der Waals surface area contributed by atoms with Gasteiger partial charge >= 0.3 is 11.9 Å². The van der Waals surface area contributed by atoms with Gasteiger partial charge in [0.05, 0.1) is 6.26 Å². The molecule has 78 valence electrons. The van der Waals surface area contributed by atoms with Crippen molar-refractivity contribution in [2.24, 2.45) is 0 Å². The lowest BCUT2D eigenvalue weighted by Crippen LogP contribution is -2.38. The van der Waals surface area contributed by atoms with Crippen LogP contribution < -0.4 is 0 Å². The van der Waals surface area contributed by atoms with E-state index >= 15 is 0 Å². The molecular formula is C9H12O5. The van der Waals surface area contributed by atoms with E-state index in [-0.39, 0.29) is 6.61 Å². The Morgan fingerprint density at radius 1 is 1.29 bits per heavy atom. The van der Waals surface area contributed by atoms with Gasteiger partial charge < -0.3 is 14.2 Å². The molecule has 5 nitrogen and oxygen atoms in total. The van der Waals surface area contributed by atoms with E-state index in [1.165, 1.54) is 20.1 Å². The summed E-state index contributed by atoms with van der Waals surface area (Å²) in [5.74, 6) is -0.843. The van der Waals surface area contributed by atoms with Crippen LogP contribution in [0.5, 0.6) is 0 Å². The summed E-state index contributed by atoms with van der Waals surface area (Å²) >= 11 is 0. The minimum Gasteiger partial charge on any atom is -0.497 e. The van der Waals surface area contributed by atoms with E-state index in [1.54, 1.807) is 6.08 Å². The average Bonchev–Trinajstić information content (AvgIpc) is 2.06. The Bertz CT molecular complexity index is 258. The van der Waals surface area contributed by atoms with E-state index in [0.717, 1.165) is 0 Å². The van der Waals surface area contributed by atoms with Crippen molar-refractivity contribution < 1.29 is 23.8 Å². The first-order valence-corrected chi connectivity index (χ1v) is 4.22. The normalized spacial score (nSPS) is 25.0. The van der Waals surface area contributed by atoms with Gasteiger partial charge in [0.1, 0.15) is 6.61 Å². The highest BCUT2D eigenvalue weighted by atomic mass is 16.6. The van der Waals surface area contributed by atoms with Gasteiger partial charge in [0.25, 0.3) is 0 Å². The summed E-state index contributed by atoms with van der Waals surface area (Å²) in [6.07, 6.45) is 1.86. The van der Waals surface area contributed by atoms with Crippen molar-refractivity contribution in [3.05, 3.63) is 12.3 Å². The molecule has 0 aromatic heterocycles. The fraction of sp³-hybridized carbons (Fsp3) is 0.556. The van der Waals surface area contributed by atoms with Crippen LogP contribution >= 0.6 is 0 Å². The summed E-state index contributed by atoms with van der Waals surface area (Å²) in [6, 6.07) is 0. The third-order valence-corrected chi connectivity index (χ3v) is 1.61. The van der Waals surface area contributed by atoms with Crippen molar-refractivity contribution in [3.63, 3.8) is 0 Å². The summed E-state index contributed by atoms with van der Waals surface area (Å²) in [4.78, 5) is 21.4. The smallest absolute Gasteiger partial charge is 0.303 e. The van der Waals surface area contributed by atoms with Gasteiger partial charge in [0.2, 0.25) is 0 Å². The molecule has 0 saturated carbocycles. The minimum atomic E-state index is -0.554. The van der Waals surface area contributed by atoms with Gasteiger partial charge in [-0.1, -0.05) is 0 Å². The molecule has 2 atom stereocenters. The van der Waals surface area contributed by atoms with Crippen molar-refractivity contribution in [3.8, 4) is 0 Å². The lowest BCUT2D eigenvalue weighted by atomic mass is 10.2. The van der Waals surface area contributed by atoms with Crippen LogP contribution in [0.1, 0.15) is 13.8 Å². The number of carbonyl (C=O) groups excluding carboxylic acids is 2. The maximum atomic E-state index is 10.7. The average molecular weight is 200 g/mol. The standard InChI is InChI=1S/C9H12O5/c1-6(10)13-8-3-4-12-5-9(8)14-7(2)11/h3-4,8-9H,5H2,1-2H3. The Morgan fingerprint density at radius 3 is 2.50 bits per heavy atom. The van der Waals surface area contributed by atoms with E-state index in [1.807, 2.05) is 0 Å². The molecule has 0 radical (unpaired) electrons. The Balaban J connectivity index is 2.57. The lowest BCUT2D eigenvalue weighted by molar-refractivity contribution is -0.166. The molecule has 0 bridgehead atoms. The number of esters is 2. The van der Waals surface area contributed by atoms with Crippen molar-refractivity contribution >= 4 is 11.9 Å². The quantitative estimate of drug-likeness (QED) is 0.603. The zero-order valence-electron chi connectivity index (χ0n) is 8.06. The number of rotatable bonds is 2. The predicted octanol–water partition coefficient (Wildman–Crippen LogP) is 0.394. The van der Waals surface area contributed by atoms with Gasteiger partial charge in [-0.2, -0.15) is 0 Å². The number of hydrogen-bond donors (Lipinski definition) is 0. The molecule has 0 N–H and O–H groups in total. The number of ether oxygens (including phenoxy) is 3. The third kappa shape index (κ3) is 3.08. The van der Waals surface area contributed by atoms with Crippen molar-refractivity contribution in [2.75, 3.05) is 6.61 Å². The molecule has 1 rings (SSSR count). The van der Waals surface area contributed by atoms with Gasteiger partial charge in [-0.3, -0.25) is 9.59 Å². The second kappa shape index (κ2) is 4.64. The first-order chi connectivity index (χ1) is 6.59. The van der Waals surface area contributed by atoms with Crippen molar-refractivity contribution in [1.29, 1.82) is 0 Å². The van der Waals surface area contributed by atoms with Crippen LogP contribution in [0.4, 0.5) is 0 Å². The maximum Gasteiger partial charge on any atom is 0.303 e. The summed E-state index contributed by atoms with van der Waals surface area (Å²) < 4.78 is 14.8. The highest BCUT2D eigenvalue weighted by molar-refractivity contribution is 5.67. The molecular weight excluding hydrogens is 188 g/mol. The Kier molecular flexibility index (Phi) is 3.50. The maximum absolute atomic E-state index is 10.7. The van der Waals surface area contributed by atoms with Crippen LogP contribution in [0.25, 0.3) is 0 Å². The summed E-state index contributed by atoms with van der Waals surface area (Å²) in [5.41, 5.74) is 0. The molecule has 0 saturated heterocycles. The van der Waals surface area contributed by atoms with E-state index in [4.69, 9.17) is 14.2 Å². The summed E-state index contributed by atoms with van der Waals surface area (Å²) in [6.45, 7) is 2.80. The summed E-state index contributed by atoms with van der Waals surface area (Å²) in [5, 5.41) is 0. The molecule has 1 aliphatic rings. The number of hydrogen-bond acceptors (Lipinski definition) is 5. The largest absolute Gasteiger partial charge is 0.497 e. The van der Waals surface area contributed by atoms with Crippen LogP contribution in [-0.2, 0) is 23.8 Å². The zero-order chi connectivity index (χ0) is 10.6. The molecule has 14 heavy (non-hydrogen) atoms. The van der Waals surface area contributed by atoms with E-state index in [2.05, 4.69) is 0 Å². The molecule has 0 aliphatic carbocycles. The van der Waals surface area contributed by atoms with Crippen molar-refractivity contribution in [1.82, 2.24) is 0 Å². The van der Waals surface area contributed by atoms with Crippen LogP contribution in [-0.4, -0.2) is 30.8 Å². The molecule has 1 aliphatic heterocycles. The monoisotopic (exact) mass is 200 g/mol. The molecule has 0 aromatic rings. The first-order valence-electron chi connectivity index (χ1n) is 4.22. The fourth-order valence-corrected chi connectivity index (χ4v) is 1.12. The van der Waals surface area contributed by atoms with Crippen LogP contribution in [0.2, 0.25) is 0 Å². The first kappa shape index (κ1) is 10.6. The molecule has 0 spiro atoms. The molecule has 0 fully saturated rings. The van der Waals surface area contributed by atoms with Gasteiger partial charge in [-0.25, -0.2) is 0 Å². The summed E-state index contributed by atoms with van der Waals surface area (Å²) in [7, 11) is 0. The van der Waals surface area contributed by atoms with Gasteiger partial charge in [-0.05, 0) is 6.08 Å². The molecule has 0 aromatic carbocycles. The van der Waals surface area contributed by atoms with Gasteiger partial charge in [-0.15, -0.1) is 0 Å². The SMILES string of the molecule is CC(=O)OC1C=COCC1OC(C)=O. The van der Waals surface area contributed by atoms with E-state index < -0.39 is 24.1 Å². The van der Waals surface area contributed by atoms with Crippen molar-refractivity contribution in [2.45, 2.75) is 26.1 Å². The predicted molar refractivity (Wildman–Crippen MR) is 46.2 cm³/mol. The number of carbonyl (C=O) groups is 2. The van der Waals surface area contributed by atoms with E-state index in [0.29, 0.717) is 0 Å². The van der Waals surface area contributed by atoms with Crippen LogP contribution in [0, 0.1) is 0 Å². The topological polar surface area (TPSA) is 61.8 Å². The molecule has 0 amide bonds. The lowest BCUT2D eigenvalue weighted by Gasteiger charge is -2.26. The Morgan fingerprint density at radius 2 is 1.93 bits per heavy atom.